The Labute approximate surface area is 193 Å². The van der Waals surface area contributed by atoms with E-state index in [0.717, 1.165) is 42.5 Å². The molecule has 2 heterocycles. The standard InChI is InChI=1S/C23H13F6NO5/c24-11-3-1-4-12(25)17(11)22(31)30-15(8-33-23(32)18-13(26)5-2-6-14(18)27)10-7-16-19(28)20(29)21(10)35-9-34-16/h1-7,15H,8-9H2,(H,30,31). The van der Waals surface area contributed by atoms with Gasteiger partial charge in [0.25, 0.3) is 5.91 Å². The van der Waals surface area contributed by atoms with E-state index in [1.807, 2.05) is 0 Å². The van der Waals surface area contributed by atoms with Crippen LogP contribution < -0.4 is 14.8 Å². The summed E-state index contributed by atoms with van der Waals surface area (Å²) in [4.78, 5) is 25.0. The molecule has 0 aromatic heterocycles. The molecule has 0 aliphatic carbocycles. The van der Waals surface area contributed by atoms with Crippen molar-refractivity contribution in [3.63, 3.8) is 0 Å². The second kappa shape index (κ2) is 9.57. The molecule has 3 aromatic carbocycles. The Morgan fingerprint density at radius 1 is 0.857 bits per heavy atom. The Hall–Kier alpha value is -4.22. The minimum Gasteiger partial charge on any atom is -0.459 e. The van der Waals surface area contributed by atoms with Gasteiger partial charge in [-0.15, -0.1) is 0 Å². The fourth-order valence-corrected chi connectivity index (χ4v) is 3.35. The largest absolute Gasteiger partial charge is 0.459 e. The van der Waals surface area contributed by atoms with Crippen molar-refractivity contribution in [1.82, 2.24) is 5.32 Å². The van der Waals surface area contributed by atoms with Crippen LogP contribution in [-0.2, 0) is 4.74 Å². The molecule has 1 N–H and O–H groups in total. The van der Waals surface area contributed by atoms with Crippen molar-refractivity contribution in [2.45, 2.75) is 6.04 Å². The van der Waals surface area contributed by atoms with Crippen molar-refractivity contribution >= 4 is 11.9 Å². The van der Waals surface area contributed by atoms with Crippen molar-refractivity contribution < 1.29 is 50.1 Å². The van der Waals surface area contributed by atoms with Gasteiger partial charge in [0.2, 0.25) is 18.4 Å². The molecule has 3 aromatic rings. The Morgan fingerprint density at radius 2 is 1.43 bits per heavy atom. The highest BCUT2D eigenvalue weighted by Crippen LogP contribution is 2.38. The van der Waals surface area contributed by atoms with Crippen LogP contribution in [0.5, 0.6) is 11.5 Å². The van der Waals surface area contributed by atoms with Crippen LogP contribution in [0.25, 0.3) is 0 Å². The molecule has 2 bridgehead atoms. The smallest absolute Gasteiger partial charge is 0.344 e. The van der Waals surface area contributed by atoms with Crippen molar-refractivity contribution in [3.8, 4) is 11.5 Å². The van der Waals surface area contributed by atoms with Crippen molar-refractivity contribution in [3.05, 3.63) is 94.1 Å². The molecular weight excluding hydrogens is 484 g/mol. The number of halogens is 6. The summed E-state index contributed by atoms with van der Waals surface area (Å²) in [6.45, 7) is -1.54. The highest BCUT2D eigenvalue weighted by atomic mass is 19.2. The number of nitrogens with one attached hydrogen (secondary N) is 1. The Bertz CT molecular complexity index is 1290. The lowest BCUT2D eigenvalue weighted by molar-refractivity contribution is 0.0441. The van der Waals surface area contributed by atoms with E-state index >= 15 is 0 Å². The quantitative estimate of drug-likeness (QED) is 0.399. The van der Waals surface area contributed by atoms with Crippen LogP contribution in [0.15, 0.2) is 42.5 Å². The van der Waals surface area contributed by atoms with Gasteiger partial charge in [0.05, 0.1) is 6.04 Å². The third-order valence-electron chi connectivity index (χ3n) is 4.99. The van der Waals surface area contributed by atoms with Gasteiger partial charge in [-0.25, -0.2) is 22.4 Å². The van der Waals surface area contributed by atoms with Crippen molar-refractivity contribution in [1.29, 1.82) is 0 Å². The van der Waals surface area contributed by atoms with E-state index in [-0.39, 0.29) is 5.56 Å². The molecule has 1 amide bonds. The maximum atomic E-state index is 14.5. The predicted molar refractivity (Wildman–Crippen MR) is 106 cm³/mol. The summed E-state index contributed by atoms with van der Waals surface area (Å²) >= 11 is 0. The number of rotatable bonds is 6. The number of ether oxygens (including phenoxy) is 3. The van der Waals surface area contributed by atoms with Gasteiger partial charge < -0.3 is 19.5 Å². The van der Waals surface area contributed by atoms with E-state index < -0.39 is 88.8 Å². The van der Waals surface area contributed by atoms with Crippen molar-refractivity contribution in [2.24, 2.45) is 0 Å². The lowest BCUT2D eigenvalue weighted by atomic mass is 10.0. The summed E-state index contributed by atoms with van der Waals surface area (Å²) in [6, 6.07) is 4.53. The Kier molecular flexibility index (Phi) is 6.54. The van der Waals surface area contributed by atoms with Gasteiger partial charge in [-0.1, -0.05) is 12.1 Å². The molecule has 5 rings (SSSR count). The average molecular weight is 497 g/mol. The van der Waals surface area contributed by atoms with Gasteiger partial charge in [-0.05, 0) is 30.3 Å². The second-order valence-electron chi connectivity index (χ2n) is 7.15. The maximum Gasteiger partial charge on any atom is 0.344 e. The molecule has 6 nitrogen and oxygen atoms in total. The topological polar surface area (TPSA) is 73.9 Å². The summed E-state index contributed by atoms with van der Waals surface area (Å²) in [5, 5.41) is 2.14. The van der Waals surface area contributed by atoms with Gasteiger partial charge in [0, 0.05) is 5.56 Å². The summed E-state index contributed by atoms with van der Waals surface area (Å²) < 4.78 is 99.4. The molecule has 1 atom stereocenters. The first kappa shape index (κ1) is 23.9. The predicted octanol–water partition coefficient (Wildman–Crippen LogP) is 4.58. The normalized spacial score (nSPS) is 12.9. The summed E-state index contributed by atoms with van der Waals surface area (Å²) in [5.74, 6) is -12.1. The molecule has 0 radical (unpaired) electrons. The third-order valence-corrected chi connectivity index (χ3v) is 4.99. The van der Waals surface area contributed by atoms with Crippen LogP contribution in [0.2, 0.25) is 0 Å². The molecule has 2 aliphatic heterocycles. The first-order chi connectivity index (χ1) is 16.7. The van der Waals surface area contributed by atoms with Gasteiger partial charge in [0.15, 0.2) is 11.5 Å². The first-order valence-corrected chi connectivity index (χ1v) is 9.82. The lowest BCUT2D eigenvalue weighted by Crippen LogP contribution is -2.34. The van der Waals surface area contributed by atoms with Crippen LogP contribution >= 0.6 is 0 Å². The average Bonchev–Trinajstić information content (AvgIpc) is 3.10. The highest BCUT2D eigenvalue weighted by molar-refractivity contribution is 5.95. The molecule has 35 heavy (non-hydrogen) atoms. The number of fused-ring (bicyclic) bond motifs is 4. The Morgan fingerprint density at radius 3 is 2.03 bits per heavy atom. The fraction of sp³-hybridized carbons (Fsp3) is 0.130. The van der Waals surface area contributed by atoms with E-state index in [0.29, 0.717) is 0 Å². The van der Waals surface area contributed by atoms with Gasteiger partial charge in [-0.3, -0.25) is 4.79 Å². The van der Waals surface area contributed by atoms with Crippen molar-refractivity contribution in [2.75, 3.05) is 13.4 Å². The fourth-order valence-electron chi connectivity index (χ4n) is 3.35. The summed E-state index contributed by atoms with van der Waals surface area (Å²) in [6.07, 6.45) is 0. The second-order valence-corrected chi connectivity index (χ2v) is 7.15. The number of esters is 1. The first-order valence-electron chi connectivity index (χ1n) is 9.82. The van der Waals surface area contributed by atoms with Crippen LogP contribution in [-0.4, -0.2) is 25.3 Å². The number of hydrogen-bond donors (Lipinski definition) is 1. The van der Waals surface area contributed by atoms with Crippen LogP contribution in [0.3, 0.4) is 0 Å². The molecule has 1 unspecified atom stereocenters. The molecule has 0 spiro atoms. The molecular formula is C23H13F6NO5. The van der Waals surface area contributed by atoms with Gasteiger partial charge in [-0.2, -0.15) is 8.78 Å². The molecule has 0 fully saturated rings. The van der Waals surface area contributed by atoms with E-state index in [4.69, 9.17) is 14.2 Å². The van der Waals surface area contributed by atoms with Gasteiger partial charge in [0.1, 0.15) is 41.0 Å². The molecule has 0 saturated carbocycles. The molecule has 182 valence electrons. The van der Waals surface area contributed by atoms with E-state index in [1.165, 1.54) is 0 Å². The zero-order valence-corrected chi connectivity index (χ0v) is 17.3. The van der Waals surface area contributed by atoms with E-state index in [2.05, 4.69) is 5.32 Å². The van der Waals surface area contributed by atoms with Gasteiger partial charge >= 0.3 is 5.97 Å². The van der Waals surface area contributed by atoms with E-state index in [9.17, 15) is 35.9 Å². The SMILES string of the molecule is O=C(NC(COC(=O)c1c(F)cccc1F)c1cc2c(F)c(F)c1OCO2)c1c(F)cccc1F. The number of carbonyl (C=O) groups excluding carboxylic acids is 2. The summed E-state index contributed by atoms with van der Waals surface area (Å²) in [5.41, 5.74) is -2.39. The number of benzene rings is 3. The molecule has 12 heteroatoms. The zero-order valence-electron chi connectivity index (χ0n) is 17.3. The third kappa shape index (κ3) is 4.59. The van der Waals surface area contributed by atoms with Crippen LogP contribution in [0.4, 0.5) is 26.3 Å². The summed E-state index contributed by atoms with van der Waals surface area (Å²) in [7, 11) is 0. The molecule has 0 saturated heterocycles. The minimum atomic E-state index is -1.62. The maximum absolute atomic E-state index is 14.5. The number of carbonyl (C=O) groups is 2. The number of hydrogen-bond acceptors (Lipinski definition) is 5. The lowest BCUT2D eigenvalue weighted by Gasteiger charge is -2.21. The highest BCUT2D eigenvalue weighted by Gasteiger charge is 2.32. The molecule has 2 aliphatic rings. The Balaban J connectivity index is 1.69. The van der Waals surface area contributed by atoms with E-state index in [1.54, 1.807) is 0 Å². The van der Waals surface area contributed by atoms with Crippen LogP contribution in [0.1, 0.15) is 32.3 Å². The minimum absolute atomic E-state index is 0.330. The van der Waals surface area contributed by atoms with Crippen LogP contribution in [0, 0.1) is 34.9 Å². The number of amides is 1. The monoisotopic (exact) mass is 497 g/mol. The zero-order chi connectivity index (χ0) is 25.3.